The van der Waals surface area contributed by atoms with Crippen molar-refractivity contribution in [3.63, 3.8) is 0 Å². The lowest BCUT2D eigenvalue weighted by Gasteiger charge is -2.18. The van der Waals surface area contributed by atoms with Gasteiger partial charge in [0, 0.05) is 6.07 Å². The molecule has 2 N–H and O–H groups in total. The highest BCUT2D eigenvalue weighted by atomic mass is 19.2. The Morgan fingerprint density at radius 1 is 1.08 bits per heavy atom. The molecule has 2 amide bonds. The number of halogens is 2. The van der Waals surface area contributed by atoms with Crippen LogP contribution in [0.15, 0.2) is 42.5 Å². The molecule has 0 aliphatic heterocycles. The van der Waals surface area contributed by atoms with E-state index in [-0.39, 0.29) is 31.0 Å². The molecule has 2 rings (SSSR count). The summed E-state index contributed by atoms with van der Waals surface area (Å²) in [6, 6.07) is 10.3. The van der Waals surface area contributed by atoms with Gasteiger partial charge >= 0.3 is 6.03 Å². The van der Waals surface area contributed by atoms with Crippen LogP contribution in [0.3, 0.4) is 0 Å². The molecule has 0 fully saturated rings. The number of hydrogen-bond acceptors (Lipinski definition) is 3. The number of nitrogens with one attached hydrogen (secondary N) is 2. The number of ether oxygens (including phenoxy) is 2. The van der Waals surface area contributed by atoms with Crippen molar-refractivity contribution in [2.24, 2.45) is 0 Å². The van der Waals surface area contributed by atoms with Crippen molar-refractivity contribution >= 4 is 6.03 Å². The molecule has 0 aliphatic rings. The second kappa shape index (κ2) is 9.60. The van der Waals surface area contributed by atoms with Crippen LogP contribution in [0.1, 0.15) is 24.9 Å². The average Bonchev–Trinajstić information content (AvgIpc) is 2.66. The summed E-state index contributed by atoms with van der Waals surface area (Å²) in [5, 5.41) is 5.55. The second-order valence-corrected chi connectivity index (χ2v) is 5.56. The third-order valence-electron chi connectivity index (χ3n) is 3.78. The van der Waals surface area contributed by atoms with Crippen LogP contribution >= 0.6 is 0 Å². The highest BCUT2D eigenvalue weighted by molar-refractivity contribution is 5.74. The predicted molar refractivity (Wildman–Crippen MR) is 94.4 cm³/mol. The topological polar surface area (TPSA) is 59.6 Å². The largest absolute Gasteiger partial charge is 0.497 e. The number of carbonyl (C=O) groups is 1. The molecule has 7 heteroatoms. The van der Waals surface area contributed by atoms with E-state index in [0.29, 0.717) is 0 Å². The van der Waals surface area contributed by atoms with Crippen molar-refractivity contribution in [2.75, 3.05) is 20.3 Å². The van der Waals surface area contributed by atoms with Crippen molar-refractivity contribution in [2.45, 2.75) is 19.4 Å². The monoisotopic (exact) mass is 364 g/mol. The Morgan fingerprint density at radius 3 is 2.38 bits per heavy atom. The van der Waals surface area contributed by atoms with Gasteiger partial charge < -0.3 is 20.1 Å². The van der Waals surface area contributed by atoms with Gasteiger partial charge in [-0.1, -0.05) is 19.1 Å². The van der Waals surface area contributed by atoms with Crippen LogP contribution in [-0.4, -0.2) is 26.3 Å². The van der Waals surface area contributed by atoms with Gasteiger partial charge in [-0.25, -0.2) is 13.6 Å². The summed E-state index contributed by atoms with van der Waals surface area (Å²) >= 11 is 0. The van der Waals surface area contributed by atoms with Gasteiger partial charge in [0.05, 0.1) is 19.7 Å². The summed E-state index contributed by atoms with van der Waals surface area (Å²) in [6.07, 6.45) is 0.727. The molecule has 0 saturated heterocycles. The third kappa shape index (κ3) is 5.61. The van der Waals surface area contributed by atoms with Crippen LogP contribution in [0.4, 0.5) is 13.6 Å². The lowest BCUT2D eigenvalue weighted by molar-refractivity contribution is 0.232. The molecule has 0 bridgehead atoms. The van der Waals surface area contributed by atoms with E-state index < -0.39 is 11.6 Å². The van der Waals surface area contributed by atoms with Crippen LogP contribution in [0, 0.1) is 11.6 Å². The lowest BCUT2D eigenvalue weighted by Crippen LogP contribution is -2.39. The molecule has 140 valence electrons. The Kier molecular flexibility index (Phi) is 7.20. The summed E-state index contributed by atoms with van der Waals surface area (Å²) in [4.78, 5) is 12.0. The quantitative estimate of drug-likeness (QED) is 0.701. The van der Waals surface area contributed by atoms with Crippen LogP contribution in [0.25, 0.3) is 0 Å². The molecule has 1 atom stereocenters. The zero-order valence-corrected chi connectivity index (χ0v) is 14.7. The van der Waals surface area contributed by atoms with Crippen molar-refractivity contribution < 1.29 is 23.0 Å². The fraction of sp³-hybridized carbons (Fsp3) is 0.316. The zero-order valence-electron chi connectivity index (χ0n) is 14.7. The van der Waals surface area contributed by atoms with E-state index >= 15 is 0 Å². The normalized spacial score (nSPS) is 11.5. The van der Waals surface area contributed by atoms with Gasteiger partial charge in [0.1, 0.15) is 18.1 Å². The summed E-state index contributed by atoms with van der Waals surface area (Å²) < 4.78 is 36.3. The zero-order chi connectivity index (χ0) is 18.9. The number of rotatable bonds is 8. The van der Waals surface area contributed by atoms with Gasteiger partial charge in [0.25, 0.3) is 0 Å². The Bertz CT molecular complexity index is 723. The maximum Gasteiger partial charge on any atom is 0.315 e. The molecule has 0 spiro atoms. The fourth-order valence-corrected chi connectivity index (χ4v) is 2.37. The molecule has 0 heterocycles. The van der Waals surface area contributed by atoms with Gasteiger partial charge in [-0.2, -0.15) is 0 Å². The van der Waals surface area contributed by atoms with Crippen LogP contribution in [0.5, 0.6) is 11.5 Å². The van der Waals surface area contributed by atoms with E-state index in [4.69, 9.17) is 9.47 Å². The number of amides is 2. The SMILES string of the molecule is CCC(NC(=O)NCCOc1ccc(F)c(F)c1)c1ccc(OC)cc1. The third-order valence-corrected chi connectivity index (χ3v) is 3.78. The molecule has 5 nitrogen and oxygen atoms in total. The lowest BCUT2D eigenvalue weighted by atomic mass is 10.0. The minimum Gasteiger partial charge on any atom is -0.497 e. The van der Waals surface area contributed by atoms with E-state index in [2.05, 4.69) is 10.6 Å². The van der Waals surface area contributed by atoms with Gasteiger partial charge in [0.15, 0.2) is 11.6 Å². The fourth-order valence-electron chi connectivity index (χ4n) is 2.37. The van der Waals surface area contributed by atoms with Gasteiger partial charge in [-0.15, -0.1) is 0 Å². The maximum atomic E-state index is 13.1. The van der Waals surface area contributed by atoms with Crippen LogP contribution in [0.2, 0.25) is 0 Å². The maximum absolute atomic E-state index is 13.1. The first-order chi connectivity index (χ1) is 12.5. The van der Waals surface area contributed by atoms with E-state index in [1.807, 2.05) is 31.2 Å². The predicted octanol–water partition coefficient (Wildman–Crippen LogP) is 3.80. The molecule has 2 aromatic carbocycles. The first-order valence-electron chi connectivity index (χ1n) is 8.29. The number of methoxy groups -OCH3 is 1. The van der Waals surface area contributed by atoms with Crippen molar-refractivity contribution in [3.8, 4) is 11.5 Å². The van der Waals surface area contributed by atoms with Crippen molar-refractivity contribution in [3.05, 3.63) is 59.7 Å². The minimum atomic E-state index is -0.974. The average molecular weight is 364 g/mol. The second-order valence-electron chi connectivity index (χ2n) is 5.56. The smallest absolute Gasteiger partial charge is 0.315 e. The highest BCUT2D eigenvalue weighted by Gasteiger charge is 2.12. The van der Waals surface area contributed by atoms with Crippen LogP contribution < -0.4 is 20.1 Å². The number of benzene rings is 2. The molecule has 0 aromatic heterocycles. The summed E-state index contributed by atoms with van der Waals surface area (Å²) in [5.41, 5.74) is 0.974. The van der Waals surface area contributed by atoms with Crippen LogP contribution in [-0.2, 0) is 0 Å². The Labute approximate surface area is 151 Å². The summed E-state index contributed by atoms with van der Waals surface area (Å²) in [6.45, 7) is 2.34. The van der Waals surface area contributed by atoms with Crippen molar-refractivity contribution in [1.82, 2.24) is 10.6 Å². The van der Waals surface area contributed by atoms with Gasteiger partial charge in [-0.3, -0.25) is 0 Å². The van der Waals surface area contributed by atoms with Gasteiger partial charge in [-0.05, 0) is 36.2 Å². The Hall–Kier alpha value is -2.83. The Morgan fingerprint density at radius 2 is 1.77 bits per heavy atom. The molecule has 0 radical (unpaired) electrons. The Balaban J connectivity index is 1.76. The first-order valence-corrected chi connectivity index (χ1v) is 8.29. The molecular formula is C19H22F2N2O3. The number of carbonyl (C=O) groups excluding carboxylic acids is 1. The molecule has 0 saturated carbocycles. The van der Waals surface area contributed by atoms with Gasteiger partial charge in [0.2, 0.25) is 0 Å². The molecular weight excluding hydrogens is 342 g/mol. The van der Waals surface area contributed by atoms with Crippen molar-refractivity contribution in [1.29, 1.82) is 0 Å². The van der Waals surface area contributed by atoms with E-state index in [1.165, 1.54) is 6.07 Å². The van der Waals surface area contributed by atoms with E-state index in [0.717, 1.165) is 29.9 Å². The standard InChI is InChI=1S/C19H22F2N2O3/c1-3-18(13-4-6-14(25-2)7-5-13)23-19(24)22-10-11-26-15-8-9-16(20)17(21)12-15/h4-9,12,18H,3,10-11H2,1-2H3,(H2,22,23,24). The number of urea groups is 1. The molecule has 26 heavy (non-hydrogen) atoms. The highest BCUT2D eigenvalue weighted by Crippen LogP contribution is 2.20. The first kappa shape index (κ1) is 19.5. The number of hydrogen-bond donors (Lipinski definition) is 2. The molecule has 0 aliphatic carbocycles. The van der Waals surface area contributed by atoms with E-state index in [9.17, 15) is 13.6 Å². The molecule has 2 aromatic rings. The molecule has 1 unspecified atom stereocenters. The minimum absolute atomic E-state index is 0.131. The summed E-state index contributed by atoms with van der Waals surface area (Å²) in [5.74, 6) is -0.948. The summed E-state index contributed by atoms with van der Waals surface area (Å²) in [7, 11) is 1.60. The van der Waals surface area contributed by atoms with E-state index in [1.54, 1.807) is 7.11 Å².